The smallest absolute Gasteiger partial charge is 0.410 e. The molecule has 0 aliphatic heterocycles. The monoisotopic (exact) mass is 367 g/mol. The zero-order valence-electron chi connectivity index (χ0n) is 15.3. The summed E-state index contributed by atoms with van der Waals surface area (Å²) in [4.78, 5) is 24.1. The summed E-state index contributed by atoms with van der Waals surface area (Å²) in [7, 11) is -2.00. The zero-order valence-corrected chi connectivity index (χ0v) is 16.1. The van der Waals surface area contributed by atoms with Crippen molar-refractivity contribution < 1.29 is 31.7 Å². The molecule has 142 valence electrons. The SMILES string of the molecule is CC(=O)OCC(CCCCN(C)C(=O)OC(C)(C)C)OS(C)(=O)=O. The summed E-state index contributed by atoms with van der Waals surface area (Å²) < 4.78 is 37.4. The van der Waals surface area contributed by atoms with Gasteiger partial charge in [0.15, 0.2) is 0 Å². The number of hydrogen-bond donors (Lipinski definition) is 0. The Bertz CT molecular complexity index is 510. The van der Waals surface area contributed by atoms with Crippen molar-refractivity contribution in [2.45, 2.75) is 58.7 Å². The fourth-order valence-corrected chi connectivity index (χ4v) is 2.42. The highest BCUT2D eigenvalue weighted by atomic mass is 32.2. The molecule has 0 heterocycles. The largest absolute Gasteiger partial charge is 0.463 e. The summed E-state index contributed by atoms with van der Waals surface area (Å²) in [5, 5.41) is 0. The van der Waals surface area contributed by atoms with Crippen molar-refractivity contribution in [3.05, 3.63) is 0 Å². The molecular weight excluding hydrogens is 338 g/mol. The second-order valence-electron chi connectivity index (χ2n) is 6.62. The molecule has 0 saturated carbocycles. The van der Waals surface area contributed by atoms with Gasteiger partial charge in [0.2, 0.25) is 0 Å². The first-order valence-electron chi connectivity index (χ1n) is 7.76. The predicted octanol–water partition coefficient (Wildman–Crippen LogP) is 1.93. The molecule has 1 atom stereocenters. The lowest BCUT2D eigenvalue weighted by molar-refractivity contribution is -0.143. The molecule has 0 N–H and O–H groups in total. The molecule has 0 aromatic rings. The Labute approximate surface area is 144 Å². The summed E-state index contributed by atoms with van der Waals surface area (Å²) in [6.45, 7) is 6.97. The molecule has 0 bridgehead atoms. The van der Waals surface area contributed by atoms with Crippen LogP contribution in [0.1, 0.15) is 47.0 Å². The van der Waals surface area contributed by atoms with Crippen molar-refractivity contribution in [2.24, 2.45) is 0 Å². The summed E-state index contributed by atoms with van der Waals surface area (Å²) in [5.41, 5.74) is -0.552. The number of rotatable bonds is 9. The van der Waals surface area contributed by atoms with Crippen LogP contribution in [0.15, 0.2) is 0 Å². The quantitative estimate of drug-likeness (QED) is 0.349. The lowest BCUT2D eigenvalue weighted by Gasteiger charge is -2.24. The highest BCUT2D eigenvalue weighted by Crippen LogP contribution is 2.12. The molecule has 1 unspecified atom stereocenters. The molecule has 0 aromatic carbocycles. The van der Waals surface area contributed by atoms with Gasteiger partial charge in [-0.2, -0.15) is 8.42 Å². The predicted molar refractivity (Wildman–Crippen MR) is 89.1 cm³/mol. The molecule has 0 aliphatic rings. The van der Waals surface area contributed by atoms with Crippen LogP contribution in [0.25, 0.3) is 0 Å². The minimum Gasteiger partial charge on any atom is -0.463 e. The van der Waals surface area contributed by atoms with E-state index in [2.05, 4.69) is 0 Å². The van der Waals surface area contributed by atoms with Gasteiger partial charge in [-0.3, -0.25) is 8.98 Å². The Balaban J connectivity index is 4.26. The second-order valence-corrected chi connectivity index (χ2v) is 8.22. The summed E-state index contributed by atoms with van der Waals surface area (Å²) >= 11 is 0. The number of ether oxygens (including phenoxy) is 2. The van der Waals surface area contributed by atoms with Crippen LogP contribution >= 0.6 is 0 Å². The first-order chi connectivity index (χ1) is 10.8. The third-order valence-electron chi connectivity index (χ3n) is 2.76. The third-order valence-corrected chi connectivity index (χ3v) is 3.38. The van der Waals surface area contributed by atoms with Crippen molar-refractivity contribution in [3.8, 4) is 0 Å². The molecule has 0 radical (unpaired) electrons. The second kappa shape index (κ2) is 9.83. The topological polar surface area (TPSA) is 99.2 Å². The van der Waals surface area contributed by atoms with Gasteiger partial charge in [-0.25, -0.2) is 4.79 Å². The van der Waals surface area contributed by atoms with Crippen LogP contribution in [-0.2, 0) is 28.6 Å². The number of nitrogens with zero attached hydrogens (tertiary/aromatic N) is 1. The van der Waals surface area contributed by atoms with Crippen LogP contribution in [0.3, 0.4) is 0 Å². The molecule has 0 fully saturated rings. The van der Waals surface area contributed by atoms with Crippen molar-refractivity contribution in [2.75, 3.05) is 26.5 Å². The van der Waals surface area contributed by atoms with E-state index in [0.717, 1.165) is 6.26 Å². The molecule has 1 amide bonds. The number of esters is 1. The first-order valence-corrected chi connectivity index (χ1v) is 9.57. The minimum absolute atomic E-state index is 0.121. The van der Waals surface area contributed by atoms with Gasteiger partial charge in [0.25, 0.3) is 10.1 Å². The third kappa shape index (κ3) is 13.1. The van der Waals surface area contributed by atoms with Gasteiger partial charge < -0.3 is 14.4 Å². The average molecular weight is 367 g/mol. The Morgan fingerprint density at radius 2 is 1.75 bits per heavy atom. The zero-order chi connectivity index (χ0) is 19.0. The number of carbonyl (C=O) groups is 2. The Morgan fingerprint density at radius 1 is 1.17 bits per heavy atom. The van der Waals surface area contributed by atoms with Gasteiger partial charge in [-0.05, 0) is 40.0 Å². The fraction of sp³-hybridized carbons (Fsp3) is 0.867. The van der Waals surface area contributed by atoms with E-state index in [1.54, 1.807) is 27.8 Å². The first kappa shape index (κ1) is 22.6. The van der Waals surface area contributed by atoms with Crippen LogP contribution in [0.4, 0.5) is 4.79 Å². The van der Waals surface area contributed by atoms with Crippen LogP contribution in [0.2, 0.25) is 0 Å². The van der Waals surface area contributed by atoms with Gasteiger partial charge >= 0.3 is 12.1 Å². The van der Waals surface area contributed by atoms with E-state index in [1.807, 2.05) is 0 Å². The maximum atomic E-state index is 11.8. The molecule has 9 heteroatoms. The maximum Gasteiger partial charge on any atom is 0.410 e. The van der Waals surface area contributed by atoms with Crippen LogP contribution in [0, 0.1) is 0 Å². The van der Waals surface area contributed by atoms with Gasteiger partial charge in [-0.1, -0.05) is 0 Å². The van der Waals surface area contributed by atoms with E-state index in [4.69, 9.17) is 13.7 Å². The van der Waals surface area contributed by atoms with E-state index < -0.39 is 33.9 Å². The fourth-order valence-electron chi connectivity index (χ4n) is 1.77. The summed E-state index contributed by atoms with van der Waals surface area (Å²) in [6.07, 6.45) is 1.45. The van der Waals surface area contributed by atoms with Gasteiger partial charge in [0, 0.05) is 20.5 Å². The highest BCUT2D eigenvalue weighted by molar-refractivity contribution is 7.86. The van der Waals surface area contributed by atoms with E-state index in [9.17, 15) is 18.0 Å². The van der Waals surface area contributed by atoms with Gasteiger partial charge in [0.05, 0.1) is 6.26 Å². The lowest BCUT2D eigenvalue weighted by atomic mass is 10.1. The normalized spacial score (nSPS) is 13.2. The van der Waals surface area contributed by atoms with E-state index in [-0.39, 0.29) is 6.61 Å². The van der Waals surface area contributed by atoms with Gasteiger partial charge in [0.1, 0.15) is 18.3 Å². The Kier molecular flexibility index (Phi) is 9.27. The van der Waals surface area contributed by atoms with Crippen LogP contribution < -0.4 is 0 Å². The molecular formula is C15H29NO7S. The molecule has 0 saturated heterocycles. The van der Waals surface area contributed by atoms with Crippen molar-refractivity contribution in [1.82, 2.24) is 4.90 Å². The molecule has 0 aromatic heterocycles. The minimum atomic E-state index is -3.63. The number of unbranched alkanes of at least 4 members (excludes halogenated alkanes) is 1. The number of carbonyl (C=O) groups excluding carboxylic acids is 2. The van der Waals surface area contributed by atoms with Crippen LogP contribution in [0.5, 0.6) is 0 Å². The Morgan fingerprint density at radius 3 is 2.21 bits per heavy atom. The maximum absolute atomic E-state index is 11.8. The van der Waals surface area contributed by atoms with Crippen molar-refractivity contribution >= 4 is 22.2 Å². The number of hydrogen-bond acceptors (Lipinski definition) is 7. The van der Waals surface area contributed by atoms with Gasteiger partial charge in [-0.15, -0.1) is 0 Å². The standard InChI is InChI=1S/C15H29NO7S/c1-12(17)21-11-13(23-24(6,19)20)9-7-8-10-16(5)14(18)22-15(2,3)4/h13H,7-11H2,1-6H3. The Hall–Kier alpha value is -1.35. The molecule has 24 heavy (non-hydrogen) atoms. The van der Waals surface area contributed by atoms with Crippen molar-refractivity contribution in [3.63, 3.8) is 0 Å². The van der Waals surface area contributed by atoms with E-state index in [1.165, 1.54) is 11.8 Å². The lowest BCUT2D eigenvalue weighted by Crippen LogP contribution is -2.34. The molecule has 0 aliphatic carbocycles. The number of amides is 1. The van der Waals surface area contributed by atoms with Crippen LogP contribution in [-0.4, -0.2) is 63.5 Å². The average Bonchev–Trinajstić information content (AvgIpc) is 2.36. The van der Waals surface area contributed by atoms with E-state index >= 15 is 0 Å². The molecule has 8 nitrogen and oxygen atoms in total. The highest BCUT2D eigenvalue weighted by Gasteiger charge is 2.20. The van der Waals surface area contributed by atoms with Crippen molar-refractivity contribution in [1.29, 1.82) is 0 Å². The molecule has 0 rings (SSSR count). The molecule has 0 spiro atoms. The van der Waals surface area contributed by atoms with E-state index in [0.29, 0.717) is 25.8 Å². The summed E-state index contributed by atoms with van der Waals surface area (Å²) in [6, 6.07) is 0. The summed E-state index contributed by atoms with van der Waals surface area (Å²) in [5.74, 6) is -0.498.